The second kappa shape index (κ2) is 4.93. The van der Waals surface area contributed by atoms with E-state index in [-0.39, 0.29) is 0 Å². The first-order chi connectivity index (χ1) is 7.85. The Bertz CT molecular complexity index is 500. The monoisotopic (exact) mass is 212 g/mol. The highest BCUT2D eigenvalue weighted by atomic mass is 16.1. The highest BCUT2D eigenvalue weighted by molar-refractivity contribution is 5.98. The molecule has 16 heavy (non-hydrogen) atoms. The first kappa shape index (κ1) is 10.9. The number of carbonyl (C=O) groups is 1. The van der Waals surface area contributed by atoms with Crippen LogP contribution in [0.5, 0.6) is 0 Å². The molecule has 0 saturated heterocycles. The molecular weight excluding hydrogens is 196 g/mol. The molecule has 2 aromatic carbocycles. The van der Waals surface area contributed by atoms with E-state index in [2.05, 4.69) is 19.1 Å². The van der Waals surface area contributed by atoms with Crippen molar-refractivity contribution >= 4 is 17.1 Å². The van der Waals surface area contributed by atoms with Crippen molar-refractivity contribution in [2.24, 2.45) is 0 Å². The van der Waals surface area contributed by atoms with Crippen LogP contribution in [0.1, 0.15) is 35.7 Å². The van der Waals surface area contributed by atoms with Crippen LogP contribution < -0.4 is 0 Å². The summed E-state index contributed by atoms with van der Waals surface area (Å²) < 4.78 is 0. The van der Waals surface area contributed by atoms with Crippen molar-refractivity contribution in [1.82, 2.24) is 0 Å². The van der Waals surface area contributed by atoms with Gasteiger partial charge in [-0.1, -0.05) is 43.7 Å². The van der Waals surface area contributed by atoms with E-state index >= 15 is 0 Å². The normalized spacial score (nSPS) is 10.6. The minimum Gasteiger partial charge on any atom is -0.298 e. The van der Waals surface area contributed by atoms with Gasteiger partial charge in [-0.2, -0.15) is 0 Å². The fourth-order valence-electron chi connectivity index (χ4n) is 2.03. The van der Waals surface area contributed by atoms with Crippen molar-refractivity contribution in [3.05, 3.63) is 47.5 Å². The van der Waals surface area contributed by atoms with Crippen LogP contribution in [0.25, 0.3) is 10.8 Å². The zero-order valence-corrected chi connectivity index (χ0v) is 9.57. The SMILES string of the molecule is CCCCc1cc(C=O)c2ccccc2c1. The molecule has 0 aromatic heterocycles. The Morgan fingerprint density at radius 1 is 1.19 bits per heavy atom. The maximum atomic E-state index is 11.0. The number of carbonyl (C=O) groups excluding carboxylic acids is 1. The molecule has 0 spiro atoms. The van der Waals surface area contributed by atoms with E-state index in [0.29, 0.717) is 0 Å². The summed E-state index contributed by atoms with van der Waals surface area (Å²) in [7, 11) is 0. The zero-order valence-electron chi connectivity index (χ0n) is 9.57. The second-order valence-corrected chi connectivity index (χ2v) is 4.13. The zero-order chi connectivity index (χ0) is 11.4. The van der Waals surface area contributed by atoms with E-state index in [1.807, 2.05) is 24.3 Å². The lowest BCUT2D eigenvalue weighted by Gasteiger charge is -2.05. The van der Waals surface area contributed by atoms with Crippen molar-refractivity contribution < 1.29 is 4.79 Å². The Morgan fingerprint density at radius 2 is 2.00 bits per heavy atom. The number of rotatable bonds is 4. The fourth-order valence-corrected chi connectivity index (χ4v) is 2.03. The summed E-state index contributed by atoms with van der Waals surface area (Å²) in [4.78, 5) is 11.0. The second-order valence-electron chi connectivity index (χ2n) is 4.13. The number of aldehydes is 1. The van der Waals surface area contributed by atoms with Crippen molar-refractivity contribution in [2.45, 2.75) is 26.2 Å². The van der Waals surface area contributed by atoms with Crippen LogP contribution in [-0.4, -0.2) is 6.29 Å². The third-order valence-electron chi connectivity index (χ3n) is 2.90. The first-order valence-electron chi connectivity index (χ1n) is 5.82. The third-order valence-corrected chi connectivity index (χ3v) is 2.90. The van der Waals surface area contributed by atoms with Crippen LogP contribution in [0.4, 0.5) is 0 Å². The fraction of sp³-hybridized carbons (Fsp3) is 0.267. The van der Waals surface area contributed by atoms with Gasteiger partial charge >= 0.3 is 0 Å². The van der Waals surface area contributed by atoms with Gasteiger partial charge in [0.05, 0.1) is 0 Å². The van der Waals surface area contributed by atoms with E-state index in [1.165, 1.54) is 23.8 Å². The molecule has 0 amide bonds. The van der Waals surface area contributed by atoms with E-state index in [1.54, 1.807) is 0 Å². The molecule has 0 radical (unpaired) electrons. The van der Waals surface area contributed by atoms with Crippen LogP contribution in [0.15, 0.2) is 36.4 Å². The molecule has 0 aliphatic heterocycles. The summed E-state index contributed by atoms with van der Waals surface area (Å²) in [5.74, 6) is 0. The van der Waals surface area contributed by atoms with Crippen LogP contribution in [0.3, 0.4) is 0 Å². The molecule has 0 aliphatic rings. The lowest BCUT2D eigenvalue weighted by molar-refractivity contribution is 0.112. The molecule has 1 heteroatoms. The Balaban J connectivity index is 2.50. The average molecular weight is 212 g/mol. The van der Waals surface area contributed by atoms with Gasteiger partial charge in [0.1, 0.15) is 0 Å². The van der Waals surface area contributed by atoms with Crippen LogP contribution in [0.2, 0.25) is 0 Å². The minimum atomic E-state index is 0.809. The Kier molecular flexibility index (Phi) is 3.35. The molecule has 0 aliphatic carbocycles. The van der Waals surface area contributed by atoms with Gasteiger partial charge < -0.3 is 0 Å². The summed E-state index contributed by atoms with van der Waals surface area (Å²) in [6, 6.07) is 12.3. The standard InChI is InChI=1S/C15H16O/c1-2-3-6-12-9-13-7-4-5-8-15(13)14(10-12)11-16/h4-5,7-11H,2-3,6H2,1H3. The molecule has 0 atom stereocenters. The molecular formula is C15H16O. The van der Waals surface area contributed by atoms with Crippen molar-refractivity contribution in [3.63, 3.8) is 0 Å². The first-order valence-corrected chi connectivity index (χ1v) is 5.82. The number of aryl methyl sites for hydroxylation is 1. The van der Waals surface area contributed by atoms with Crippen LogP contribution in [-0.2, 0) is 6.42 Å². The molecule has 82 valence electrons. The Morgan fingerprint density at radius 3 is 2.75 bits per heavy atom. The molecule has 1 nitrogen and oxygen atoms in total. The van der Waals surface area contributed by atoms with E-state index in [0.717, 1.165) is 23.7 Å². The number of hydrogen-bond donors (Lipinski definition) is 0. The molecule has 2 rings (SSSR count). The van der Waals surface area contributed by atoms with Crippen LogP contribution in [0, 0.1) is 0 Å². The predicted molar refractivity (Wildman–Crippen MR) is 67.9 cm³/mol. The quantitative estimate of drug-likeness (QED) is 0.700. The summed E-state index contributed by atoms with van der Waals surface area (Å²) in [5.41, 5.74) is 2.08. The minimum absolute atomic E-state index is 0.809. The highest BCUT2D eigenvalue weighted by Crippen LogP contribution is 2.21. The lowest BCUT2D eigenvalue weighted by Crippen LogP contribution is -1.90. The smallest absolute Gasteiger partial charge is 0.150 e. The maximum Gasteiger partial charge on any atom is 0.150 e. The largest absolute Gasteiger partial charge is 0.298 e. The summed E-state index contributed by atoms with van der Waals surface area (Å²) in [6.45, 7) is 2.18. The Labute approximate surface area is 96.1 Å². The van der Waals surface area contributed by atoms with Crippen molar-refractivity contribution in [3.8, 4) is 0 Å². The molecule has 0 unspecified atom stereocenters. The van der Waals surface area contributed by atoms with Gasteiger partial charge in [0, 0.05) is 5.56 Å². The number of hydrogen-bond acceptors (Lipinski definition) is 1. The number of benzene rings is 2. The average Bonchev–Trinajstić information content (AvgIpc) is 2.35. The van der Waals surface area contributed by atoms with Crippen molar-refractivity contribution in [2.75, 3.05) is 0 Å². The van der Waals surface area contributed by atoms with Gasteiger partial charge in [0.15, 0.2) is 6.29 Å². The van der Waals surface area contributed by atoms with Gasteiger partial charge in [0.25, 0.3) is 0 Å². The molecule has 0 saturated carbocycles. The number of unbranched alkanes of at least 4 members (excludes halogenated alkanes) is 1. The molecule has 0 heterocycles. The predicted octanol–water partition coefficient (Wildman–Crippen LogP) is 3.99. The van der Waals surface area contributed by atoms with Gasteiger partial charge in [0.2, 0.25) is 0 Å². The van der Waals surface area contributed by atoms with Gasteiger partial charge in [-0.15, -0.1) is 0 Å². The summed E-state index contributed by atoms with van der Waals surface area (Å²) in [6.07, 6.45) is 4.37. The topological polar surface area (TPSA) is 17.1 Å². The molecule has 0 bridgehead atoms. The summed E-state index contributed by atoms with van der Waals surface area (Å²) in [5, 5.41) is 2.22. The van der Waals surface area contributed by atoms with Crippen molar-refractivity contribution in [1.29, 1.82) is 0 Å². The molecule has 0 fully saturated rings. The van der Waals surface area contributed by atoms with Gasteiger partial charge in [-0.25, -0.2) is 0 Å². The molecule has 0 N–H and O–H groups in total. The molecule has 2 aromatic rings. The Hall–Kier alpha value is -1.63. The van der Waals surface area contributed by atoms with E-state index in [4.69, 9.17) is 0 Å². The third kappa shape index (κ3) is 2.13. The van der Waals surface area contributed by atoms with E-state index < -0.39 is 0 Å². The van der Waals surface area contributed by atoms with Crippen LogP contribution >= 0.6 is 0 Å². The number of fused-ring (bicyclic) bond motifs is 1. The van der Waals surface area contributed by atoms with Gasteiger partial charge in [-0.3, -0.25) is 4.79 Å². The summed E-state index contributed by atoms with van der Waals surface area (Å²) >= 11 is 0. The lowest BCUT2D eigenvalue weighted by atomic mass is 9.99. The highest BCUT2D eigenvalue weighted by Gasteiger charge is 2.02. The van der Waals surface area contributed by atoms with E-state index in [9.17, 15) is 4.79 Å². The maximum absolute atomic E-state index is 11.0. The van der Waals surface area contributed by atoms with Gasteiger partial charge in [-0.05, 0) is 35.2 Å².